The minimum absolute atomic E-state index is 0.0125. The van der Waals surface area contributed by atoms with Crippen molar-refractivity contribution >= 4 is 34.7 Å². The van der Waals surface area contributed by atoms with Crippen molar-refractivity contribution < 1.29 is 14.5 Å². The van der Waals surface area contributed by atoms with E-state index in [1.807, 2.05) is 24.3 Å². The third kappa shape index (κ3) is 4.91. The number of nitro groups is 1. The molecule has 2 aromatic rings. The van der Waals surface area contributed by atoms with Gasteiger partial charge < -0.3 is 10.1 Å². The Morgan fingerprint density at radius 1 is 1.22 bits per heavy atom. The number of amides is 1. The molecule has 8 nitrogen and oxygen atoms in total. The van der Waals surface area contributed by atoms with Gasteiger partial charge in [0.05, 0.1) is 23.5 Å². The highest BCUT2D eigenvalue weighted by Crippen LogP contribution is 2.24. The average molecular weight is 384 g/mol. The van der Waals surface area contributed by atoms with Crippen LogP contribution < -0.4 is 10.1 Å². The highest BCUT2D eigenvalue weighted by molar-refractivity contribution is 8.15. The molecule has 1 atom stereocenters. The van der Waals surface area contributed by atoms with Crippen molar-refractivity contribution in [2.45, 2.75) is 11.7 Å². The molecule has 1 unspecified atom stereocenters. The molecule has 9 heteroatoms. The summed E-state index contributed by atoms with van der Waals surface area (Å²) in [6.07, 6.45) is 2.05. The van der Waals surface area contributed by atoms with Gasteiger partial charge >= 0.3 is 0 Å². The Labute approximate surface area is 159 Å². The first-order chi connectivity index (χ1) is 13.0. The fourth-order valence-electron chi connectivity index (χ4n) is 2.39. The van der Waals surface area contributed by atoms with Crippen LogP contribution in [0.15, 0.2) is 58.7 Å². The van der Waals surface area contributed by atoms with Crippen LogP contribution in [-0.2, 0) is 11.2 Å². The molecule has 1 fully saturated rings. The van der Waals surface area contributed by atoms with Gasteiger partial charge in [0.15, 0.2) is 5.17 Å². The van der Waals surface area contributed by atoms with E-state index in [1.54, 1.807) is 19.2 Å². The zero-order valence-electron chi connectivity index (χ0n) is 14.4. The van der Waals surface area contributed by atoms with E-state index in [0.29, 0.717) is 17.2 Å². The predicted molar refractivity (Wildman–Crippen MR) is 104 cm³/mol. The number of methoxy groups -OCH3 is 1. The highest BCUT2D eigenvalue weighted by atomic mass is 32.2. The second-order valence-corrected chi connectivity index (χ2v) is 6.84. The maximum absolute atomic E-state index is 12.1. The van der Waals surface area contributed by atoms with E-state index in [1.165, 1.54) is 30.1 Å². The minimum atomic E-state index is -0.463. The Bertz CT molecular complexity index is 895. The Hall–Kier alpha value is -3.20. The van der Waals surface area contributed by atoms with Crippen LogP contribution in [0.3, 0.4) is 0 Å². The van der Waals surface area contributed by atoms with Crippen molar-refractivity contribution in [2.24, 2.45) is 10.2 Å². The molecule has 27 heavy (non-hydrogen) atoms. The lowest BCUT2D eigenvalue weighted by molar-refractivity contribution is -0.384. The molecule has 1 amide bonds. The largest absolute Gasteiger partial charge is 0.497 e. The number of hydrogen-bond donors (Lipinski definition) is 1. The smallest absolute Gasteiger partial charge is 0.269 e. The molecule has 0 radical (unpaired) electrons. The number of non-ortho nitro benzene ring substituents is 1. The van der Waals surface area contributed by atoms with Crippen LogP contribution in [0.2, 0.25) is 0 Å². The van der Waals surface area contributed by atoms with Gasteiger partial charge in [-0.2, -0.15) is 5.10 Å². The number of nitrogens with zero attached hydrogens (tertiary/aromatic N) is 3. The van der Waals surface area contributed by atoms with E-state index in [0.717, 1.165) is 11.3 Å². The van der Waals surface area contributed by atoms with Gasteiger partial charge in [-0.15, -0.1) is 5.10 Å². The first kappa shape index (κ1) is 18.6. The van der Waals surface area contributed by atoms with E-state index in [9.17, 15) is 14.9 Å². The lowest BCUT2D eigenvalue weighted by Crippen LogP contribution is -2.25. The van der Waals surface area contributed by atoms with Crippen LogP contribution in [0.25, 0.3) is 0 Å². The van der Waals surface area contributed by atoms with Crippen LogP contribution in [0.4, 0.5) is 5.69 Å². The molecule has 1 saturated heterocycles. The normalized spacial score (nSPS) is 18.0. The Balaban J connectivity index is 1.59. The Kier molecular flexibility index (Phi) is 5.82. The first-order valence-corrected chi connectivity index (χ1v) is 8.89. The quantitative estimate of drug-likeness (QED) is 0.468. The van der Waals surface area contributed by atoms with Crippen LogP contribution in [0.1, 0.15) is 11.1 Å². The van der Waals surface area contributed by atoms with Gasteiger partial charge in [-0.25, -0.2) is 0 Å². The number of ether oxygens (including phenoxy) is 1. The van der Waals surface area contributed by atoms with E-state index in [4.69, 9.17) is 4.74 Å². The van der Waals surface area contributed by atoms with E-state index >= 15 is 0 Å². The number of nitrogens with one attached hydrogen (secondary N) is 1. The summed E-state index contributed by atoms with van der Waals surface area (Å²) < 4.78 is 5.12. The Morgan fingerprint density at radius 2 is 1.93 bits per heavy atom. The predicted octanol–water partition coefficient (Wildman–Crippen LogP) is 2.77. The molecule has 1 aliphatic rings. The van der Waals surface area contributed by atoms with Crippen molar-refractivity contribution in [2.75, 3.05) is 7.11 Å². The molecule has 2 aromatic carbocycles. The standard InChI is InChI=1S/C18H16N4O4S/c1-26-15-8-4-12(5-9-15)10-16-17(23)20-18(27-16)21-19-11-13-2-6-14(7-3-13)22(24)25/h2-9,11,16H,10H2,1H3,(H,20,21,23). The molecule has 0 spiro atoms. The van der Waals surface area contributed by atoms with Gasteiger partial charge in [-0.1, -0.05) is 23.9 Å². The number of hydrogen-bond acceptors (Lipinski definition) is 7. The lowest BCUT2D eigenvalue weighted by Gasteiger charge is -2.06. The summed E-state index contributed by atoms with van der Waals surface area (Å²) >= 11 is 1.32. The molecule has 138 valence electrons. The SMILES string of the molecule is COc1ccc(CC2SC(=NN=Cc3ccc([N+](=O)[O-])cc3)NC2=O)cc1. The number of nitro benzene ring substituents is 1. The zero-order chi connectivity index (χ0) is 19.2. The Morgan fingerprint density at radius 3 is 2.56 bits per heavy atom. The molecule has 0 aliphatic carbocycles. The fourth-order valence-corrected chi connectivity index (χ4v) is 3.36. The van der Waals surface area contributed by atoms with Crippen LogP contribution in [0.5, 0.6) is 5.75 Å². The number of rotatable bonds is 6. The second-order valence-electron chi connectivity index (χ2n) is 5.65. The molecule has 1 N–H and O–H groups in total. The van der Waals surface area contributed by atoms with E-state index < -0.39 is 4.92 Å². The number of benzene rings is 2. The monoisotopic (exact) mass is 384 g/mol. The van der Waals surface area contributed by atoms with Gasteiger partial charge in [0.1, 0.15) is 5.75 Å². The van der Waals surface area contributed by atoms with Crippen molar-refractivity contribution in [3.8, 4) is 5.75 Å². The van der Waals surface area contributed by atoms with E-state index in [2.05, 4.69) is 15.5 Å². The summed E-state index contributed by atoms with van der Waals surface area (Å²) in [5.74, 6) is 0.658. The van der Waals surface area contributed by atoms with Crippen LogP contribution in [0, 0.1) is 10.1 Å². The topological polar surface area (TPSA) is 106 Å². The van der Waals surface area contributed by atoms with Gasteiger partial charge in [0.2, 0.25) is 5.91 Å². The summed E-state index contributed by atoms with van der Waals surface area (Å²) in [7, 11) is 1.61. The van der Waals surface area contributed by atoms with Crippen LogP contribution >= 0.6 is 11.8 Å². The minimum Gasteiger partial charge on any atom is -0.497 e. The summed E-state index contributed by atoms with van der Waals surface area (Å²) in [6.45, 7) is 0. The third-order valence-electron chi connectivity index (χ3n) is 3.82. The molecule has 0 bridgehead atoms. The first-order valence-electron chi connectivity index (χ1n) is 8.01. The summed E-state index contributed by atoms with van der Waals surface area (Å²) in [6, 6.07) is 13.5. The van der Waals surface area contributed by atoms with Crippen molar-refractivity contribution in [1.82, 2.24) is 5.32 Å². The lowest BCUT2D eigenvalue weighted by atomic mass is 10.1. The molecule has 0 aromatic heterocycles. The van der Waals surface area contributed by atoms with Crippen molar-refractivity contribution in [3.05, 3.63) is 69.8 Å². The second kappa shape index (κ2) is 8.45. The van der Waals surface area contributed by atoms with Gasteiger partial charge in [-0.05, 0) is 41.8 Å². The molecule has 0 saturated carbocycles. The number of thioether (sulfide) groups is 1. The van der Waals surface area contributed by atoms with Crippen molar-refractivity contribution in [1.29, 1.82) is 0 Å². The summed E-state index contributed by atoms with van der Waals surface area (Å²) in [4.78, 5) is 22.3. The summed E-state index contributed by atoms with van der Waals surface area (Å²) in [5, 5.41) is 21.4. The van der Waals surface area contributed by atoms with E-state index in [-0.39, 0.29) is 16.8 Å². The maximum atomic E-state index is 12.1. The number of carbonyl (C=O) groups excluding carboxylic acids is 1. The third-order valence-corrected chi connectivity index (χ3v) is 4.89. The van der Waals surface area contributed by atoms with Crippen LogP contribution in [-0.4, -0.2) is 34.6 Å². The van der Waals surface area contributed by atoms with Gasteiger partial charge in [-0.3, -0.25) is 14.9 Å². The average Bonchev–Trinajstić information content (AvgIpc) is 3.02. The fraction of sp³-hybridized carbons (Fsp3) is 0.167. The molecule has 1 aliphatic heterocycles. The molecular weight excluding hydrogens is 368 g/mol. The van der Waals surface area contributed by atoms with Gasteiger partial charge in [0, 0.05) is 12.1 Å². The number of amidine groups is 1. The summed E-state index contributed by atoms with van der Waals surface area (Å²) in [5.41, 5.74) is 1.71. The zero-order valence-corrected chi connectivity index (χ0v) is 15.2. The maximum Gasteiger partial charge on any atom is 0.269 e. The molecule has 1 heterocycles. The molecule has 3 rings (SSSR count). The van der Waals surface area contributed by atoms with Gasteiger partial charge in [0.25, 0.3) is 5.69 Å². The number of carbonyl (C=O) groups is 1. The van der Waals surface area contributed by atoms with Crippen molar-refractivity contribution in [3.63, 3.8) is 0 Å². The highest BCUT2D eigenvalue weighted by Gasteiger charge is 2.30. The molecular formula is C18H16N4O4S.